The molecule has 1 saturated carbocycles. The zero-order chi connectivity index (χ0) is 26.8. The van der Waals surface area contributed by atoms with Crippen LogP contribution in [0.4, 0.5) is 10.5 Å². The van der Waals surface area contributed by atoms with Gasteiger partial charge in [-0.15, -0.1) is 10.9 Å². The topological polar surface area (TPSA) is 128 Å². The Bertz CT molecular complexity index is 1320. The molecule has 3 unspecified atom stereocenters. The van der Waals surface area contributed by atoms with Gasteiger partial charge in [0.2, 0.25) is 5.91 Å². The van der Waals surface area contributed by atoms with E-state index in [1.54, 1.807) is 47.4 Å². The number of carboxylic acids is 1. The van der Waals surface area contributed by atoms with Crippen molar-refractivity contribution in [2.24, 2.45) is 0 Å². The normalized spacial score (nSPS) is 23.8. The first-order chi connectivity index (χ1) is 18.3. The van der Waals surface area contributed by atoms with Crippen LogP contribution >= 0.6 is 22.5 Å². The molecule has 0 aromatic heterocycles. The van der Waals surface area contributed by atoms with Crippen molar-refractivity contribution >= 4 is 57.3 Å². The highest BCUT2D eigenvalue weighted by molar-refractivity contribution is 8.33. The smallest absolute Gasteiger partial charge is 0.341 e. The molecule has 3 atom stereocenters. The summed E-state index contributed by atoms with van der Waals surface area (Å²) in [5.41, 5.74) is 1.90. The molecule has 38 heavy (non-hydrogen) atoms. The summed E-state index contributed by atoms with van der Waals surface area (Å²) in [5, 5.41) is 19.0. The molecule has 11 heteroatoms. The van der Waals surface area contributed by atoms with Crippen LogP contribution in [0, 0.1) is 0 Å². The standard InChI is InChI=1S/C27H29ClN4O5S/c28-18-8-5-17-13-23(26(35)36)38(22(17)14-18)27(37)31-21-4-2-1-3-20(21)30-25(34)16-6-9-19(10-7-16)32-12-11-29-15-24(32)33/h5-10,13-14,20-21,29,38H,1-4,11-12,15H2,(H,30,34)(H,31,37)(H,35,36). The van der Waals surface area contributed by atoms with Gasteiger partial charge >= 0.3 is 5.97 Å². The molecule has 200 valence electrons. The fourth-order valence-corrected chi connectivity index (χ4v) is 7.54. The van der Waals surface area contributed by atoms with E-state index in [4.69, 9.17) is 11.6 Å². The van der Waals surface area contributed by atoms with Crippen LogP contribution in [0.2, 0.25) is 5.02 Å². The Hall–Kier alpha value is -3.34. The molecular weight excluding hydrogens is 528 g/mol. The van der Waals surface area contributed by atoms with Gasteiger partial charge in [0.15, 0.2) is 0 Å². The van der Waals surface area contributed by atoms with Gasteiger partial charge in [-0.05, 0) is 60.9 Å². The number of aliphatic carboxylic acids is 1. The Morgan fingerprint density at radius 2 is 1.74 bits per heavy atom. The van der Waals surface area contributed by atoms with Crippen LogP contribution in [0.5, 0.6) is 0 Å². The van der Waals surface area contributed by atoms with Crippen LogP contribution in [0.1, 0.15) is 41.6 Å². The summed E-state index contributed by atoms with van der Waals surface area (Å²) in [6.45, 7) is 1.58. The van der Waals surface area contributed by atoms with E-state index in [1.165, 1.54) is 6.08 Å². The lowest BCUT2D eigenvalue weighted by atomic mass is 9.90. The van der Waals surface area contributed by atoms with Gasteiger partial charge in [-0.25, -0.2) is 4.79 Å². The number of carbonyl (C=O) groups is 4. The predicted molar refractivity (Wildman–Crippen MR) is 148 cm³/mol. The molecule has 3 amide bonds. The maximum absolute atomic E-state index is 13.4. The second-order valence-corrected chi connectivity index (χ2v) is 12.0. The van der Waals surface area contributed by atoms with Crippen LogP contribution in [0.3, 0.4) is 0 Å². The van der Waals surface area contributed by atoms with E-state index < -0.39 is 16.9 Å². The molecular formula is C27H29ClN4O5S. The van der Waals surface area contributed by atoms with Crippen molar-refractivity contribution < 1.29 is 24.3 Å². The number of hydrogen-bond donors (Lipinski definition) is 5. The molecule has 1 saturated heterocycles. The quantitative estimate of drug-likeness (QED) is 0.359. The zero-order valence-corrected chi connectivity index (χ0v) is 22.2. The molecule has 2 aromatic carbocycles. The molecule has 4 N–H and O–H groups in total. The third kappa shape index (κ3) is 5.43. The van der Waals surface area contributed by atoms with Gasteiger partial charge in [0.1, 0.15) is 0 Å². The van der Waals surface area contributed by atoms with Gasteiger partial charge in [0.05, 0.1) is 11.4 Å². The molecule has 2 aromatic rings. The average Bonchev–Trinajstić information content (AvgIpc) is 3.29. The molecule has 1 aliphatic carbocycles. The van der Waals surface area contributed by atoms with Gasteiger partial charge in [-0.2, -0.15) is 0 Å². The maximum atomic E-state index is 13.4. The van der Waals surface area contributed by atoms with Gasteiger partial charge in [0, 0.05) is 46.3 Å². The number of piperazine rings is 1. The summed E-state index contributed by atoms with van der Waals surface area (Å²) in [7, 11) is -1.79. The number of carbonyl (C=O) groups excluding carboxylic acids is 3. The van der Waals surface area contributed by atoms with E-state index >= 15 is 0 Å². The number of halogens is 1. The highest BCUT2D eigenvalue weighted by Gasteiger charge is 2.35. The maximum Gasteiger partial charge on any atom is 0.341 e. The number of nitrogens with one attached hydrogen (secondary N) is 3. The minimum absolute atomic E-state index is 0.0102. The Kier molecular flexibility index (Phi) is 7.73. The Morgan fingerprint density at radius 3 is 2.42 bits per heavy atom. The van der Waals surface area contributed by atoms with Crippen molar-refractivity contribution in [3.8, 4) is 0 Å². The van der Waals surface area contributed by atoms with Crippen LogP contribution < -0.4 is 20.9 Å². The number of hydrogen-bond acceptors (Lipinski definition) is 5. The first kappa shape index (κ1) is 26.3. The molecule has 2 heterocycles. The monoisotopic (exact) mass is 556 g/mol. The Morgan fingerprint density at radius 1 is 1.03 bits per heavy atom. The number of nitrogens with zero attached hydrogens (tertiary/aromatic N) is 1. The van der Waals surface area contributed by atoms with E-state index in [0.29, 0.717) is 53.5 Å². The molecule has 3 aliphatic rings. The summed E-state index contributed by atoms with van der Waals surface area (Å²) < 4.78 is 0. The van der Waals surface area contributed by atoms with Crippen molar-refractivity contribution in [2.75, 3.05) is 24.5 Å². The van der Waals surface area contributed by atoms with Crippen molar-refractivity contribution in [3.63, 3.8) is 0 Å². The van der Waals surface area contributed by atoms with Crippen molar-refractivity contribution in [3.05, 3.63) is 63.5 Å². The Labute approximate surface area is 227 Å². The van der Waals surface area contributed by atoms with E-state index in [2.05, 4.69) is 16.0 Å². The van der Waals surface area contributed by atoms with Gasteiger partial charge < -0.3 is 26.0 Å². The van der Waals surface area contributed by atoms with Crippen LogP contribution in [0.25, 0.3) is 6.08 Å². The van der Waals surface area contributed by atoms with Crippen LogP contribution in [0.15, 0.2) is 52.3 Å². The number of amides is 3. The minimum Gasteiger partial charge on any atom is -0.477 e. The third-order valence-corrected chi connectivity index (χ3v) is 9.55. The molecule has 0 spiro atoms. The van der Waals surface area contributed by atoms with E-state index in [0.717, 1.165) is 18.5 Å². The number of anilines is 1. The van der Waals surface area contributed by atoms with Gasteiger partial charge in [-0.1, -0.05) is 30.5 Å². The average molecular weight is 557 g/mol. The van der Waals surface area contributed by atoms with Gasteiger partial charge in [0.25, 0.3) is 11.1 Å². The zero-order valence-electron chi connectivity index (χ0n) is 20.6. The lowest BCUT2D eigenvalue weighted by Crippen LogP contribution is -2.53. The highest BCUT2D eigenvalue weighted by atomic mass is 35.5. The first-order valence-electron chi connectivity index (χ1n) is 12.6. The summed E-state index contributed by atoms with van der Waals surface area (Å²) >= 11 is 6.15. The predicted octanol–water partition coefficient (Wildman–Crippen LogP) is 3.53. The minimum atomic E-state index is -1.79. The van der Waals surface area contributed by atoms with Crippen LogP contribution in [-0.2, 0) is 9.59 Å². The SMILES string of the molecule is O=C(O)C1=Cc2ccc(Cl)cc2[SH]1C(=O)NC1CCCCC1NC(=O)c1ccc(N2CCNCC2=O)cc1. The Balaban J connectivity index is 1.27. The largest absolute Gasteiger partial charge is 0.477 e. The van der Waals surface area contributed by atoms with E-state index in [-0.39, 0.29) is 34.0 Å². The lowest BCUT2D eigenvalue weighted by molar-refractivity contribution is -0.131. The fourth-order valence-electron chi connectivity index (χ4n) is 5.17. The number of thiol groups is 1. The van der Waals surface area contributed by atoms with Crippen molar-refractivity contribution in [1.82, 2.24) is 16.0 Å². The molecule has 0 radical (unpaired) electrons. The first-order valence-corrected chi connectivity index (χ1v) is 14.3. The number of fused-ring (bicyclic) bond motifs is 1. The number of carboxylic acid groups (broad SMARTS) is 1. The van der Waals surface area contributed by atoms with E-state index in [9.17, 15) is 24.3 Å². The van der Waals surface area contributed by atoms with Crippen molar-refractivity contribution in [1.29, 1.82) is 0 Å². The summed E-state index contributed by atoms with van der Waals surface area (Å²) in [4.78, 5) is 53.0. The lowest BCUT2D eigenvalue weighted by Gasteiger charge is -2.34. The molecule has 0 bridgehead atoms. The fraction of sp³-hybridized carbons (Fsp3) is 0.333. The molecule has 9 nitrogen and oxygen atoms in total. The second kappa shape index (κ2) is 11.2. The highest BCUT2D eigenvalue weighted by Crippen LogP contribution is 2.53. The third-order valence-electron chi connectivity index (χ3n) is 7.11. The van der Waals surface area contributed by atoms with Crippen molar-refractivity contribution in [2.45, 2.75) is 42.7 Å². The number of rotatable bonds is 5. The molecule has 5 rings (SSSR count). The van der Waals surface area contributed by atoms with Gasteiger partial charge in [-0.3, -0.25) is 14.4 Å². The summed E-state index contributed by atoms with van der Waals surface area (Å²) in [6.07, 6.45) is 4.73. The van der Waals surface area contributed by atoms with E-state index in [1.807, 2.05) is 0 Å². The molecule has 2 fully saturated rings. The summed E-state index contributed by atoms with van der Waals surface area (Å²) in [5.74, 6) is -1.40. The molecule has 2 aliphatic heterocycles. The summed E-state index contributed by atoms with van der Waals surface area (Å²) in [6, 6.07) is 11.4. The van der Waals surface area contributed by atoms with Crippen LogP contribution in [-0.4, -0.2) is 59.8 Å². The second-order valence-electron chi connectivity index (χ2n) is 9.56. The number of benzene rings is 2.